The normalized spacial score (nSPS) is 21.8. The molecule has 0 aromatic heterocycles. The molecule has 0 radical (unpaired) electrons. The van der Waals surface area contributed by atoms with Crippen LogP contribution in [0.25, 0.3) is 0 Å². The first-order chi connectivity index (χ1) is 7.27. The van der Waals surface area contributed by atoms with Crippen LogP contribution in [0.5, 0.6) is 0 Å². The third-order valence-corrected chi connectivity index (χ3v) is 3.60. The number of likely N-dealkylation sites (N-methyl/N-ethyl adjacent to an activating group) is 1. The zero-order valence-corrected chi connectivity index (χ0v) is 10.6. The van der Waals surface area contributed by atoms with E-state index in [1.54, 1.807) is 0 Å². The van der Waals surface area contributed by atoms with Gasteiger partial charge < -0.3 is 10.1 Å². The Hall–Kier alpha value is -0.0800. The van der Waals surface area contributed by atoms with E-state index in [4.69, 9.17) is 4.74 Å². The summed E-state index contributed by atoms with van der Waals surface area (Å²) >= 11 is 0. The minimum Gasteiger partial charge on any atom is -0.377 e. The Labute approximate surface area is 94.8 Å². The van der Waals surface area contributed by atoms with Crippen molar-refractivity contribution in [3.63, 3.8) is 0 Å². The van der Waals surface area contributed by atoms with Crippen LogP contribution in [0.3, 0.4) is 0 Å². The smallest absolute Gasteiger partial charge is 0.0625 e. The Morgan fingerprint density at radius 1 is 1.33 bits per heavy atom. The Kier molecular flexibility index (Phi) is 6.26. The highest BCUT2D eigenvalue weighted by Gasteiger charge is 2.24. The Morgan fingerprint density at radius 2 is 2.00 bits per heavy atom. The Bertz CT molecular complexity index is 155. The van der Waals surface area contributed by atoms with Gasteiger partial charge in [-0.15, -0.1) is 0 Å². The largest absolute Gasteiger partial charge is 0.377 e. The molecule has 0 aromatic carbocycles. The van der Waals surface area contributed by atoms with Crippen LogP contribution in [0.2, 0.25) is 0 Å². The lowest BCUT2D eigenvalue weighted by molar-refractivity contribution is 0.0349. The summed E-state index contributed by atoms with van der Waals surface area (Å²) in [6.07, 6.45) is 8.41. The van der Waals surface area contributed by atoms with Gasteiger partial charge in [-0.25, -0.2) is 0 Å². The Balaban J connectivity index is 2.20. The number of ether oxygens (including phenoxy) is 1. The van der Waals surface area contributed by atoms with E-state index in [-0.39, 0.29) is 0 Å². The molecule has 1 N–H and O–H groups in total. The van der Waals surface area contributed by atoms with Crippen molar-refractivity contribution in [2.75, 3.05) is 13.7 Å². The molecule has 1 aliphatic rings. The molecule has 1 aliphatic carbocycles. The Morgan fingerprint density at radius 3 is 2.53 bits per heavy atom. The summed E-state index contributed by atoms with van der Waals surface area (Å²) in [6, 6.07) is 0.576. The van der Waals surface area contributed by atoms with Crippen molar-refractivity contribution >= 4 is 0 Å². The summed E-state index contributed by atoms with van der Waals surface area (Å²) in [4.78, 5) is 0. The van der Waals surface area contributed by atoms with Crippen molar-refractivity contribution in [1.82, 2.24) is 5.32 Å². The molecule has 1 rings (SSSR count). The molecule has 0 aliphatic heterocycles. The summed E-state index contributed by atoms with van der Waals surface area (Å²) in [7, 11) is 2.07. The number of rotatable bonds is 7. The molecule has 0 spiro atoms. The highest BCUT2D eigenvalue weighted by molar-refractivity contribution is 4.79. The van der Waals surface area contributed by atoms with Crippen LogP contribution in [0.1, 0.15) is 52.4 Å². The summed E-state index contributed by atoms with van der Waals surface area (Å²) in [5.41, 5.74) is 0. The first kappa shape index (κ1) is 13.0. The minimum absolute atomic E-state index is 0.423. The topological polar surface area (TPSA) is 21.3 Å². The lowest BCUT2D eigenvalue weighted by Gasteiger charge is -2.24. The van der Waals surface area contributed by atoms with Crippen LogP contribution in [0, 0.1) is 5.92 Å². The molecule has 0 heterocycles. The summed E-state index contributed by atoms with van der Waals surface area (Å²) in [5, 5.41) is 3.42. The molecule has 2 heteroatoms. The lowest BCUT2D eigenvalue weighted by Crippen LogP contribution is -2.37. The van der Waals surface area contributed by atoms with Crippen molar-refractivity contribution in [3.8, 4) is 0 Å². The fourth-order valence-corrected chi connectivity index (χ4v) is 2.57. The van der Waals surface area contributed by atoms with Gasteiger partial charge >= 0.3 is 0 Å². The molecule has 0 bridgehead atoms. The highest BCUT2D eigenvalue weighted by atomic mass is 16.5. The van der Waals surface area contributed by atoms with Gasteiger partial charge in [-0.1, -0.05) is 26.2 Å². The highest BCUT2D eigenvalue weighted by Crippen LogP contribution is 2.27. The summed E-state index contributed by atoms with van der Waals surface area (Å²) in [6.45, 7) is 5.29. The SMILES string of the molecule is CCCC(C)OCC(NC)C1CCCC1. The first-order valence-corrected chi connectivity index (χ1v) is 6.56. The van der Waals surface area contributed by atoms with E-state index >= 15 is 0 Å². The second-order valence-corrected chi connectivity index (χ2v) is 4.87. The van der Waals surface area contributed by atoms with Gasteiger partial charge in [0.25, 0.3) is 0 Å². The van der Waals surface area contributed by atoms with E-state index in [0.29, 0.717) is 12.1 Å². The molecule has 1 saturated carbocycles. The van der Waals surface area contributed by atoms with Gasteiger partial charge in [0.15, 0.2) is 0 Å². The van der Waals surface area contributed by atoms with Crippen LogP contribution < -0.4 is 5.32 Å². The second-order valence-electron chi connectivity index (χ2n) is 4.87. The van der Waals surface area contributed by atoms with Gasteiger partial charge in [0, 0.05) is 6.04 Å². The quantitative estimate of drug-likeness (QED) is 0.702. The van der Waals surface area contributed by atoms with Gasteiger partial charge in [0.05, 0.1) is 12.7 Å². The molecule has 2 nitrogen and oxygen atoms in total. The number of nitrogens with one attached hydrogen (secondary N) is 1. The summed E-state index contributed by atoms with van der Waals surface area (Å²) in [5.74, 6) is 0.851. The number of hydrogen-bond donors (Lipinski definition) is 1. The van der Waals surface area contributed by atoms with Crippen LogP contribution in [0.15, 0.2) is 0 Å². The van der Waals surface area contributed by atoms with E-state index in [1.165, 1.54) is 38.5 Å². The van der Waals surface area contributed by atoms with E-state index < -0.39 is 0 Å². The van der Waals surface area contributed by atoms with Crippen molar-refractivity contribution in [2.45, 2.75) is 64.5 Å². The molecule has 0 saturated heterocycles. The predicted octanol–water partition coefficient (Wildman–Crippen LogP) is 2.97. The summed E-state index contributed by atoms with van der Waals surface area (Å²) < 4.78 is 5.89. The second kappa shape index (κ2) is 7.24. The molecular formula is C13H27NO. The molecule has 0 aromatic rings. The van der Waals surface area contributed by atoms with Crippen molar-refractivity contribution < 1.29 is 4.74 Å². The first-order valence-electron chi connectivity index (χ1n) is 6.56. The fraction of sp³-hybridized carbons (Fsp3) is 1.00. The van der Waals surface area contributed by atoms with E-state index in [9.17, 15) is 0 Å². The van der Waals surface area contributed by atoms with Crippen molar-refractivity contribution in [3.05, 3.63) is 0 Å². The van der Waals surface area contributed by atoms with E-state index in [0.717, 1.165) is 12.5 Å². The maximum Gasteiger partial charge on any atom is 0.0625 e. The van der Waals surface area contributed by atoms with Gasteiger partial charge in [-0.2, -0.15) is 0 Å². The fourth-order valence-electron chi connectivity index (χ4n) is 2.57. The van der Waals surface area contributed by atoms with Crippen molar-refractivity contribution in [1.29, 1.82) is 0 Å². The molecule has 1 fully saturated rings. The monoisotopic (exact) mass is 213 g/mol. The van der Waals surface area contributed by atoms with E-state index in [2.05, 4.69) is 26.2 Å². The average molecular weight is 213 g/mol. The zero-order chi connectivity index (χ0) is 11.1. The minimum atomic E-state index is 0.423. The van der Waals surface area contributed by atoms with Crippen LogP contribution in [-0.2, 0) is 4.74 Å². The van der Waals surface area contributed by atoms with Gasteiger partial charge in [0.1, 0.15) is 0 Å². The van der Waals surface area contributed by atoms with Crippen LogP contribution in [-0.4, -0.2) is 25.8 Å². The van der Waals surface area contributed by atoms with Crippen LogP contribution in [0.4, 0.5) is 0 Å². The lowest BCUT2D eigenvalue weighted by atomic mass is 9.99. The van der Waals surface area contributed by atoms with Crippen molar-refractivity contribution in [2.24, 2.45) is 5.92 Å². The standard InChI is InChI=1S/C13H27NO/c1-4-7-11(2)15-10-13(14-3)12-8-5-6-9-12/h11-14H,4-10H2,1-3H3. The van der Waals surface area contributed by atoms with Gasteiger partial charge in [-0.3, -0.25) is 0 Å². The molecule has 2 atom stereocenters. The third-order valence-electron chi connectivity index (χ3n) is 3.60. The zero-order valence-electron chi connectivity index (χ0n) is 10.6. The van der Waals surface area contributed by atoms with E-state index in [1.807, 2.05) is 0 Å². The molecule has 0 amide bonds. The van der Waals surface area contributed by atoms with Crippen LogP contribution >= 0.6 is 0 Å². The molecular weight excluding hydrogens is 186 g/mol. The van der Waals surface area contributed by atoms with Gasteiger partial charge in [-0.05, 0) is 39.2 Å². The molecule has 15 heavy (non-hydrogen) atoms. The number of hydrogen-bond acceptors (Lipinski definition) is 2. The van der Waals surface area contributed by atoms with Gasteiger partial charge in [0.2, 0.25) is 0 Å². The predicted molar refractivity (Wildman–Crippen MR) is 65.1 cm³/mol. The molecule has 2 unspecified atom stereocenters. The average Bonchev–Trinajstić information content (AvgIpc) is 2.72. The maximum absolute atomic E-state index is 5.89. The maximum atomic E-state index is 5.89. The third kappa shape index (κ3) is 4.52. The molecule has 90 valence electrons.